The molecule has 23 heavy (non-hydrogen) atoms. The molecule has 0 amide bonds. The zero-order valence-corrected chi connectivity index (χ0v) is 13.9. The lowest BCUT2D eigenvalue weighted by Gasteiger charge is -2.21. The summed E-state index contributed by atoms with van der Waals surface area (Å²) in [5.74, 6) is 0. The molecule has 2 N–H and O–H groups in total. The molecule has 2 aromatic rings. The Morgan fingerprint density at radius 1 is 1.09 bits per heavy atom. The van der Waals surface area contributed by atoms with Crippen LogP contribution in [0.3, 0.4) is 0 Å². The number of anilines is 2. The quantitative estimate of drug-likeness (QED) is 0.747. The molecule has 0 spiro atoms. The molecule has 1 atom stereocenters. The van der Waals surface area contributed by atoms with Gasteiger partial charge in [0.1, 0.15) is 0 Å². The Morgan fingerprint density at radius 3 is 2.39 bits per heavy atom. The summed E-state index contributed by atoms with van der Waals surface area (Å²) < 4.78 is 5.34. The van der Waals surface area contributed by atoms with Gasteiger partial charge in [0, 0.05) is 32.1 Å². The molecule has 0 heterocycles. The average molecular weight is 314 g/mol. The number of nitrogens with zero attached hydrogens (tertiary/aromatic N) is 1. The van der Waals surface area contributed by atoms with Crippen LogP contribution in [0.15, 0.2) is 54.6 Å². The Hall–Kier alpha value is -2.04. The molecule has 0 saturated carbocycles. The Bertz CT molecular complexity index is 557. The summed E-state index contributed by atoms with van der Waals surface area (Å²) in [5, 5.41) is 12.5. The van der Waals surface area contributed by atoms with Crippen LogP contribution in [0.4, 0.5) is 11.4 Å². The molecule has 0 aliphatic heterocycles. The van der Waals surface area contributed by atoms with Gasteiger partial charge in [-0.1, -0.05) is 30.3 Å². The van der Waals surface area contributed by atoms with Crippen molar-refractivity contribution in [2.24, 2.45) is 0 Å². The summed E-state index contributed by atoms with van der Waals surface area (Å²) in [6.45, 7) is 1.44. The lowest BCUT2D eigenvalue weighted by molar-refractivity contribution is 0.185. The van der Waals surface area contributed by atoms with Crippen molar-refractivity contribution in [3.63, 3.8) is 0 Å². The first kappa shape index (κ1) is 17.3. The van der Waals surface area contributed by atoms with Crippen molar-refractivity contribution in [2.45, 2.75) is 12.5 Å². The van der Waals surface area contributed by atoms with E-state index in [0.717, 1.165) is 17.8 Å². The molecular weight excluding hydrogens is 288 g/mol. The van der Waals surface area contributed by atoms with Crippen LogP contribution in [-0.2, 0) is 11.2 Å². The van der Waals surface area contributed by atoms with E-state index in [4.69, 9.17) is 9.84 Å². The third-order valence-corrected chi connectivity index (χ3v) is 3.81. The second-order valence-electron chi connectivity index (χ2n) is 5.68. The zero-order valence-electron chi connectivity index (χ0n) is 13.9. The van der Waals surface area contributed by atoms with Crippen molar-refractivity contribution < 1.29 is 9.84 Å². The van der Waals surface area contributed by atoms with Crippen molar-refractivity contribution in [2.75, 3.05) is 44.1 Å². The maximum atomic E-state index is 9.00. The van der Waals surface area contributed by atoms with Gasteiger partial charge in [0.15, 0.2) is 0 Å². The zero-order chi connectivity index (χ0) is 16.5. The Morgan fingerprint density at radius 2 is 1.78 bits per heavy atom. The second kappa shape index (κ2) is 9.18. The molecule has 2 rings (SSSR count). The highest BCUT2D eigenvalue weighted by Gasteiger charge is 2.10. The highest BCUT2D eigenvalue weighted by atomic mass is 16.5. The first-order valence-electron chi connectivity index (χ1n) is 7.94. The molecule has 1 unspecified atom stereocenters. The fourth-order valence-corrected chi connectivity index (χ4v) is 2.58. The first-order chi connectivity index (χ1) is 11.2. The minimum atomic E-state index is 0.156. The molecule has 0 fully saturated rings. The monoisotopic (exact) mass is 314 g/mol. The summed E-state index contributed by atoms with van der Waals surface area (Å²) in [6, 6.07) is 18.9. The predicted octanol–water partition coefficient (Wildman–Crippen LogP) is 2.78. The van der Waals surface area contributed by atoms with Gasteiger partial charge in [0.2, 0.25) is 0 Å². The van der Waals surface area contributed by atoms with Crippen LogP contribution in [0, 0.1) is 0 Å². The number of aliphatic hydroxyl groups is 1. The predicted molar refractivity (Wildman–Crippen MR) is 96.2 cm³/mol. The van der Waals surface area contributed by atoms with Crippen molar-refractivity contribution in [1.82, 2.24) is 0 Å². The van der Waals surface area contributed by atoms with Gasteiger partial charge in [-0.05, 0) is 36.2 Å². The van der Waals surface area contributed by atoms with Gasteiger partial charge >= 0.3 is 0 Å². The maximum absolute atomic E-state index is 9.00. The third kappa shape index (κ3) is 5.58. The summed E-state index contributed by atoms with van der Waals surface area (Å²) >= 11 is 0. The summed E-state index contributed by atoms with van der Waals surface area (Å²) in [5.41, 5.74) is 3.46. The molecule has 0 aromatic heterocycles. The summed E-state index contributed by atoms with van der Waals surface area (Å²) in [6.07, 6.45) is 0.918. The number of rotatable bonds is 9. The largest absolute Gasteiger partial charge is 0.395 e. The minimum Gasteiger partial charge on any atom is -0.395 e. The molecule has 0 aliphatic carbocycles. The molecule has 0 aliphatic rings. The summed E-state index contributed by atoms with van der Waals surface area (Å²) in [4.78, 5) is 2.03. The van der Waals surface area contributed by atoms with Crippen molar-refractivity contribution in [1.29, 1.82) is 0 Å². The van der Waals surface area contributed by atoms with Gasteiger partial charge < -0.3 is 20.1 Å². The average Bonchev–Trinajstić information content (AvgIpc) is 2.57. The Kier molecular flexibility index (Phi) is 6.91. The topological polar surface area (TPSA) is 44.7 Å². The number of hydrogen-bond donors (Lipinski definition) is 2. The molecule has 4 nitrogen and oxygen atoms in total. The van der Waals surface area contributed by atoms with Gasteiger partial charge in [0.05, 0.1) is 19.3 Å². The third-order valence-electron chi connectivity index (χ3n) is 3.81. The van der Waals surface area contributed by atoms with Gasteiger partial charge in [0.25, 0.3) is 0 Å². The fraction of sp³-hybridized carbons (Fsp3) is 0.368. The molecule has 0 saturated heterocycles. The molecule has 124 valence electrons. The van der Waals surface area contributed by atoms with Gasteiger partial charge in [-0.25, -0.2) is 0 Å². The number of likely N-dealkylation sites (N-methyl/N-ethyl adjacent to an activating group) is 1. The van der Waals surface area contributed by atoms with E-state index in [1.807, 2.05) is 18.0 Å². The van der Waals surface area contributed by atoms with Crippen molar-refractivity contribution >= 4 is 11.4 Å². The number of nitrogens with one attached hydrogen (secondary N) is 1. The molecule has 0 radical (unpaired) electrons. The maximum Gasteiger partial charge on any atom is 0.0667 e. The van der Waals surface area contributed by atoms with Gasteiger partial charge in [-0.15, -0.1) is 0 Å². The van der Waals surface area contributed by atoms with Crippen LogP contribution in [0.1, 0.15) is 5.56 Å². The SMILES string of the molecule is COCC(Cc1ccccc1)Nc1ccc(N(C)CCO)cc1. The van der Waals surface area contributed by atoms with Crippen LogP contribution in [-0.4, -0.2) is 45.1 Å². The van der Waals surface area contributed by atoms with E-state index in [0.29, 0.717) is 13.2 Å². The smallest absolute Gasteiger partial charge is 0.0667 e. The lowest BCUT2D eigenvalue weighted by atomic mass is 10.1. The molecule has 2 aromatic carbocycles. The van der Waals surface area contributed by atoms with E-state index in [1.54, 1.807) is 7.11 Å². The highest BCUT2D eigenvalue weighted by Crippen LogP contribution is 2.18. The van der Waals surface area contributed by atoms with E-state index in [9.17, 15) is 0 Å². The normalized spacial score (nSPS) is 12.0. The molecule has 4 heteroatoms. The van der Waals surface area contributed by atoms with Crippen LogP contribution >= 0.6 is 0 Å². The lowest BCUT2D eigenvalue weighted by Crippen LogP contribution is -2.27. The number of benzene rings is 2. The number of aliphatic hydroxyl groups excluding tert-OH is 1. The van der Waals surface area contributed by atoms with Crippen LogP contribution in [0.2, 0.25) is 0 Å². The number of ether oxygens (including phenoxy) is 1. The number of methoxy groups -OCH3 is 1. The van der Waals surface area contributed by atoms with Gasteiger partial charge in [-0.2, -0.15) is 0 Å². The Balaban J connectivity index is 1.99. The van der Waals surface area contributed by atoms with E-state index >= 15 is 0 Å². The van der Waals surface area contributed by atoms with Crippen LogP contribution in [0.25, 0.3) is 0 Å². The standard InChI is InChI=1S/C19H26N2O2/c1-21(12-13-22)19-10-8-17(9-11-19)20-18(15-23-2)14-16-6-4-3-5-7-16/h3-11,18,20,22H,12-15H2,1-2H3. The van der Waals surface area contributed by atoms with Crippen LogP contribution < -0.4 is 10.2 Å². The summed E-state index contributed by atoms with van der Waals surface area (Å²) in [7, 11) is 3.70. The van der Waals surface area contributed by atoms with E-state index < -0.39 is 0 Å². The molecular formula is C19H26N2O2. The second-order valence-corrected chi connectivity index (χ2v) is 5.68. The van der Waals surface area contributed by atoms with Gasteiger partial charge in [-0.3, -0.25) is 0 Å². The highest BCUT2D eigenvalue weighted by molar-refractivity contribution is 5.55. The van der Waals surface area contributed by atoms with Crippen molar-refractivity contribution in [3.8, 4) is 0 Å². The van der Waals surface area contributed by atoms with E-state index in [-0.39, 0.29) is 12.6 Å². The fourth-order valence-electron chi connectivity index (χ4n) is 2.58. The van der Waals surface area contributed by atoms with E-state index in [2.05, 4.69) is 53.8 Å². The number of hydrogen-bond acceptors (Lipinski definition) is 4. The van der Waals surface area contributed by atoms with Crippen LogP contribution in [0.5, 0.6) is 0 Å². The molecule has 0 bridgehead atoms. The van der Waals surface area contributed by atoms with E-state index in [1.165, 1.54) is 5.56 Å². The minimum absolute atomic E-state index is 0.156. The first-order valence-corrected chi connectivity index (χ1v) is 7.94. The van der Waals surface area contributed by atoms with Crippen molar-refractivity contribution in [3.05, 3.63) is 60.2 Å². The Labute approximate surface area is 138 Å².